The van der Waals surface area contributed by atoms with Crippen LogP contribution in [0.15, 0.2) is 58.5 Å². The molecule has 0 bridgehead atoms. The highest BCUT2D eigenvalue weighted by Gasteiger charge is 2.28. The van der Waals surface area contributed by atoms with Crippen LogP contribution < -0.4 is 10.0 Å². The first-order valence-electron chi connectivity index (χ1n) is 11.3. The van der Waals surface area contributed by atoms with Gasteiger partial charge in [0.15, 0.2) is 0 Å². The van der Waals surface area contributed by atoms with Gasteiger partial charge in [-0.3, -0.25) is 0 Å². The van der Waals surface area contributed by atoms with Gasteiger partial charge in [-0.05, 0) is 37.0 Å². The molecule has 2 aromatic rings. The molecule has 1 aliphatic heterocycles. The van der Waals surface area contributed by atoms with Crippen LogP contribution in [-0.2, 0) is 20.6 Å². The van der Waals surface area contributed by atoms with E-state index in [1.807, 2.05) is 19.9 Å². The summed E-state index contributed by atoms with van der Waals surface area (Å²) in [6.07, 6.45) is 1.45. The van der Waals surface area contributed by atoms with Crippen LogP contribution in [-0.4, -0.2) is 53.6 Å². The first kappa shape index (κ1) is 26.4. The third kappa shape index (κ3) is 6.29. The molecule has 1 unspecified atom stereocenters. The largest absolute Gasteiger partial charge is 0.477 e. The number of nitrogens with one attached hydrogen (secondary N) is 2. The zero-order valence-corrected chi connectivity index (χ0v) is 21.6. The molecule has 0 aliphatic carbocycles. The summed E-state index contributed by atoms with van der Waals surface area (Å²) in [5, 5.41) is 16.7. The van der Waals surface area contributed by atoms with Crippen molar-refractivity contribution in [2.24, 2.45) is 5.10 Å². The summed E-state index contributed by atoms with van der Waals surface area (Å²) >= 11 is 0. The molecule has 0 aromatic heterocycles. The standard InChI is InChI=1S/C24H30N4O5S2/c1-4-13-25-24(31)27-35(32,33)21-15-18(11-12-20(21)19-9-7-6-8-10-19)16-34-22(23(29)30)17(3)26-28(34)14-5-2/h6-12,15H,4-5,13-14,16H2,1-3H3,(H,29,30)(H2,25,27,31). The summed E-state index contributed by atoms with van der Waals surface area (Å²) < 4.78 is 30.4. The van der Waals surface area contributed by atoms with E-state index in [0.717, 1.165) is 6.42 Å². The Kier molecular flexibility index (Phi) is 8.68. The lowest BCUT2D eigenvalue weighted by atomic mass is 10.0. The van der Waals surface area contributed by atoms with E-state index in [1.54, 1.807) is 47.7 Å². The number of hydrazone groups is 1. The molecule has 1 aliphatic rings. The Morgan fingerprint density at radius 3 is 2.43 bits per heavy atom. The predicted molar refractivity (Wildman–Crippen MR) is 140 cm³/mol. The van der Waals surface area contributed by atoms with Gasteiger partial charge in [-0.2, -0.15) is 5.10 Å². The van der Waals surface area contributed by atoms with Gasteiger partial charge in [0, 0.05) is 24.4 Å². The highest BCUT2D eigenvalue weighted by molar-refractivity contribution is 8.15. The molecule has 0 saturated carbocycles. The van der Waals surface area contributed by atoms with Gasteiger partial charge < -0.3 is 10.4 Å². The number of nitrogens with zero attached hydrogens (tertiary/aromatic N) is 2. The second-order valence-corrected chi connectivity index (χ2v) is 11.5. The number of carbonyl (C=O) groups excluding carboxylic acids is 1. The van der Waals surface area contributed by atoms with Crippen molar-refractivity contribution in [1.82, 2.24) is 14.5 Å². The predicted octanol–water partition coefficient (Wildman–Crippen LogP) is 3.79. The Labute approximate surface area is 208 Å². The number of carboxylic acid groups (broad SMARTS) is 1. The average molecular weight is 519 g/mol. The Balaban J connectivity index is 2.07. The summed E-state index contributed by atoms with van der Waals surface area (Å²) in [5.74, 6) is -0.751. The van der Waals surface area contributed by atoms with Crippen molar-refractivity contribution < 1.29 is 23.1 Å². The van der Waals surface area contributed by atoms with E-state index in [-0.39, 0.29) is 15.5 Å². The van der Waals surface area contributed by atoms with E-state index >= 15 is 0 Å². The molecule has 2 amide bonds. The molecule has 1 heterocycles. The lowest BCUT2D eigenvalue weighted by Crippen LogP contribution is -2.39. The second-order valence-electron chi connectivity index (χ2n) is 7.96. The molecule has 0 fully saturated rings. The van der Waals surface area contributed by atoms with Crippen LogP contribution in [0.2, 0.25) is 0 Å². The fraction of sp³-hybridized carbons (Fsp3) is 0.333. The van der Waals surface area contributed by atoms with Gasteiger partial charge >= 0.3 is 12.0 Å². The number of hydrogen-bond acceptors (Lipinski definition) is 6. The lowest BCUT2D eigenvalue weighted by molar-refractivity contribution is -0.128. The van der Waals surface area contributed by atoms with Crippen molar-refractivity contribution in [2.75, 3.05) is 13.1 Å². The SMILES string of the molecule is CCCNC(=O)NS(=O)(=O)c1cc(CS2=C(C(=O)O)C(C)=NN2CCC)ccc1-c1ccccc1. The van der Waals surface area contributed by atoms with Gasteiger partial charge in [-0.25, -0.2) is 27.1 Å². The number of urea groups is 1. The van der Waals surface area contributed by atoms with Crippen molar-refractivity contribution in [3.8, 4) is 11.1 Å². The average Bonchev–Trinajstić information content (AvgIpc) is 3.12. The van der Waals surface area contributed by atoms with Crippen molar-refractivity contribution in [2.45, 2.75) is 44.3 Å². The highest BCUT2D eigenvalue weighted by Crippen LogP contribution is 2.35. The minimum atomic E-state index is -4.21. The Bertz CT molecular complexity index is 1270. The van der Waals surface area contributed by atoms with Crippen LogP contribution in [0.3, 0.4) is 0 Å². The summed E-state index contributed by atoms with van der Waals surface area (Å²) in [5.41, 5.74) is 2.21. The van der Waals surface area contributed by atoms with Crippen molar-refractivity contribution in [3.63, 3.8) is 0 Å². The molecule has 1 atom stereocenters. The zero-order valence-electron chi connectivity index (χ0n) is 19.9. The number of carboxylic acids is 1. The third-order valence-electron chi connectivity index (χ3n) is 5.18. The Morgan fingerprint density at radius 2 is 1.80 bits per heavy atom. The summed E-state index contributed by atoms with van der Waals surface area (Å²) in [7, 11) is -5.08. The van der Waals surface area contributed by atoms with E-state index in [9.17, 15) is 23.1 Å². The maximum absolute atomic E-state index is 13.3. The summed E-state index contributed by atoms with van der Waals surface area (Å²) in [6.45, 7) is 6.46. The van der Waals surface area contributed by atoms with Crippen LogP contribution >= 0.6 is 10.7 Å². The minimum Gasteiger partial charge on any atom is -0.477 e. The van der Waals surface area contributed by atoms with Gasteiger partial charge in [0.1, 0.15) is 4.86 Å². The van der Waals surface area contributed by atoms with Gasteiger partial charge in [0.2, 0.25) is 0 Å². The molecule has 0 saturated heterocycles. The zero-order chi connectivity index (χ0) is 25.6. The first-order valence-corrected chi connectivity index (χ1v) is 14.1. The molecule has 3 rings (SSSR count). The van der Waals surface area contributed by atoms with Crippen molar-refractivity contribution in [1.29, 1.82) is 0 Å². The van der Waals surface area contributed by atoms with E-state index in [0.29, 0.717) is 41.9 Å². The van der Waals surface area contributed by atoms with Crippen LogP contribution in [0.1, 0.15) is 39.2 Å². The molecule has 0 radical (unpaired) electrons. The number of amides is 2. The summed E-state index contributed by atoms with van der Waals surface area (Å²) in [6, 6.07) is 13.2. The van der Waals surface area contributed by atoms with Gasteiger partial charge in [-0.1, -0.05) is 67.0 Å². The first-order chi connectivity index (χ1) is 16.7. The molecule has 3 N–H and O–H groups in total. The van der Waals surface area contributed by atoms with Crippen molar-refractivity contribution in [3.05, 3.63) is 54.1 Å². The Hall–Kier alpha value is -3.18. The molecular weight excluding hydrogens is 488 g/mol. The van der Waals surface area contributed by atoms with E-state index in [2.05, 4.69) is 15.1 Å². The van der Waals surface area contributed by atoms with Crippen LogP contribution in [0.5, 0.6) is 0 Å². The fourth-order valence-electron chi connectivity index (χ4n) is 3.64. The Morgan fingerprint density at radius 1 is 1.09 bits per heavy atom. The number of hydrogen-bond donors (Lipinski definition) is 3. The maximum Gasteiger partial charge on any atom is 0.345 e. The summed E-state index contributed by atoms with van der Waals surface area (Å²) in [4.78, 5) is 24.3. The third-order valence-corrected chi connectivity index (χ3v) is 8.87. The fourth-order valence-corrected chi connectivity index (χ4v) is 7.05. The molecule has 9 nitrogen and oxygen atoms in total. The lowest BCUT2D eigenvalue weighted by Gasteiger charge is -2.20. The quantitative estimate of drug-likeness (QED) is 0.411. The smallest absolute Gasteiger partial charge is 0.345 e. The van der Waals surface area contributed by atoms with Crippen LogP contribution in [0.4, 0.5) is 4.79 Å². The van der Waals surface area contributed by atoms with Gasteiger partial charge in [0.25, 0.3) is 10.0 Å². The molecule has 0 spiro atoms. The maximum atomic E-state index is 13.3. The van der Waals surface area contributed by atoms with Gasteiger partial charge in [-0.15, -0.1) is 0 Å². The number of aliphatic carboxylic acids is 1. The number of rotatable bonds is 10. The number of benzene rings is 2. The van der Waals surface area contributed by atoms with Crippen molar-refractivity contribution >= 4 is 43.3 Å². The monoisotopic (exact) mass is 518 g/mol. The second kappa shape index (κ2) is 11.5. The topological polar surface area (TPSA) is 128 Å². The van der Waals surface area contributed by atoms with Crippen LogP contribution in [0.25, 0.3) is 11.1 Å². The van der Waals surface area contributed by atoms with E-state index in [4.69, 9.17) is 0 Å². The molecular formula is C24H30N4O5S2. The molecule has 11 heteroatoms. The van der Waals surface area contributed by atoms with Gasteiger partial charge in [0.05, 0.1) is 10.6 Å². The molecule has 188 valence electrons. The molecule has 35 heavy (non-hydrogen) atoms. The number of sulfonamides is 1. The normalized spacial score (nSPS) is 15.6. The number of carbonyl (C=O) groups is 2. The van der Waals surface area contributed by atoms with E-state index < -0.39 is 32.7 Å². The minimum absolute atomic E-state index is 0.0489. The van der Waals surface area contributed by atoms with Crippen LogP contribution in [0, 0.1) is 0 Å². The highest BCUT2D eigenvalue weighted by atomic mass is 32.2. The van der Waals surface area contributed by atoms with E-state index in [1.165, 1.54) is 6.07 Å². The molecule has 2 aromatic carbocycles.